The van der Waals surface area contributed by atoms with Gasteiger partial charge in [-0.1, -0.05) is 15.9 Å². The molecular formula is C11H23BrN2O2S. The second-order valence-corrected chi connectivity index (χ2v) is 7.50. The average Bonchev–Trinajstić information content (AvgIpc) is 2.28. The van der Waals surface area contributed by atoms with Gasteiger partial charge in [-0.15, -0.1) is 0 Å². The average molecular weight is 327 g/mol. The van der Waals surface area contributed by atoms with Crippen molar-refractivity contribution in [3.8, 4) is 0 Å². The molecule has 102 valence electrons. The minimum atomic E-state index is -3.00. The third kappa shape index (κ3) is 6.18. The first-order valence-electron chi connectivity index (χ1n) is 6.26. The Hall–Kier alpha value is 0.350. The maximum atomic E-state index is 11.4. The molecular weight excluding hydrogens is 304 g/mol. The molecule has 1 saturated heterocycles. The molecule has 0 bridgehead atoms. The predicted molar refractivity (Wildman–Crippen MR) is 75.0 cm³/mol. The number of rotatable bonds is 7. The summed E-state index contributed by atoms with van der Waals surface area (Å²) in [6, 6.07) is 0. The maximum Gasteiger partial charge on any atom is 0.211 e. The lowest BCUT2D eigenvalue weighted by molar-refractivity contribution is 0.261. The number of sulfonamides is 1. The lowest BCUT2D eigenvalue weighted by atomic mass is 10.00. The molecule has 4 nitrogen and oxygen atoms in total. The molecule has 1 atom stereocenters. The van der Waals surface area contributed by atoms with Crippen LogP contribution in [0.5, 0.6) is 0 Å². The van der Waals surface area contributed by atoms with Gasteiger partial charge in [-0.2, -0.15) is 0 Å². The van der Waals surface area contributed by atoms with Crippen molar-refractivity contribution in [2.24, 2.45) is 5.92 Å². The van der Waals surface area contributed by atoms with Gasteiger partial charge in [-0.25, -0.2) is 12.7 Å². The minimum Gasteiger partial charge on any atom is -0.316 e. The summed E-state index contributed by atoms with van der Waals surface area (Å²) < 4.78 is 24.5. The van der Waals surface area contributed by atoms with Crippen LogP contribution in [0.1, 0.15) is 25.7 Å². The first-order valence-corrected chi connectivity index (χ1v) is 9.23. The summed E-state index contributed by atoms with van der Waals surface area (Å²) >= 11 is 3.41. The zero-order valence-corrected chi connectivity index (χ0v) is 12.9. The van der Waals surface area contributed by atoms with Crippen LogP contribution in [-0.2, 0) is 10.0 Å². The number of halogens is 1. The molecule has 0 radical (unpaired) electrons. The van der Waals surface area contributed by atoms with Crippen LogP contribution in [0.2, 0.25) is 0 Å². The van der Waals surface area contributed by atoms with Gasteiger partial charge in [0, 0.05) is 18.4 Å². The van der Waals surface area contributed by atoms with E-state index in [4.69, 9.17) is 0 Å². The third-order valence-electron chi connectivity index (χ3n) is 3.12. The first-order chi connectivity index (χ1) is 8.04. The molecule has 17 heavy (non-hydrogen) atoms. The summed E-state index contributed by atoms with van der Waals surface area (Å²) in [6.45, 7) is 3.35. The highest BCUT2D eigenvalue weighted by Crippen LogP contribution is 2.17. The highest BCUT2D eigenvalue weighted by atomic mass is 79.9. The molecule has 0 aromatic carbocycles. The third-order valence-corrected chi connectivity index (χ3v) is 4.95. The number of nitrogens with zero attached hydrogens (tertiary/aromatic N) is 1. The van der Waals surface area contributed by atoms with Crippen molar-refractivity contribution < 1.29 is 8.42 Å². The molecule has 0 aromatic heterocycles. The van der Waals surface area contributed by atoms with E-state index >= 15 is 0 Å². The largest absolute Gasteiger partial charge is 0.316 e. The lowest BCUT2D eigenvalue weighted by Gasteiger charge is -2.31. The zero-order chi connectivity index (χ0) is 12.7. The summed E-state index contributed by atoms with van der Waals surface area (Å²) in [7, 11) is -3.00. The Labute approximate surface area is 113 Å². The van der Waals surface area contributed by atoms with Crippen LogP contribution >= 0.6 is 15.9 Å². The van der Waals surface area contributed by atoms with Crippen molar-refractivity contribution in [2.45, 2.75) is 25.7 Å². The van der Waals surface area contributed by atoms with Crippen molar-refractivity contribution in [1.82, 2.24) is 9.62 Å². The van der Waals surface area contributed by atoms with Crippen molar-refractivity contribution >= 4 is 26.0 Å². The maximum absolute atomic E-state index is 11.4. The topological polar surface area (TPSA) is 49.4 Å². The van der Waals surface area contributed by atoms with Gasteiger partial charge in [0.15, 0.2) is 0 Å². The molecule has 0 aliphatic carbocycles. The van der Waals surface area contributed by atoms with E-state index in [1.807, 2.05) is 0 Å². The van der Waals surface area contributed by atoms with Crippen molar-refractivity contribution in [1.29, 1.82) is 0 Å². The molecule has 1 unspecified atom stereocenters. The van der Waals surface area contributed by atoms with E-state index in [1.54, 1.807) is 4.31 Å². The number of unbranched alkanes of at least 4 members (excludes halogenated alkanes) is 1. The Balaban J connectivity index is 2.21. The fraction of sp³-hybridized carbons (Fsp3) is 1.00. The Morgan fingerprint density at radius 3 is 2.82 bits per heavy atom. The van der Waals surface area contributed by atoms with E-state index in [2.05, 4.69) is 21.2 Å². The van der Waals surface area contributed by atoms with Gasteiger partial charge in [0.05, 0.1) is 6.26 Å². The van der Waals surface area contributed by atoms with Gasteiger partial charge in [-0.3, -0.25) is 0 Å². The predicted octanol–water partition coefficient (Wildman–Crippen LogP) is 1.42. The van der Waals surface area contributed by atoms with E-state index in [-0.39, 0.29) is 0 Å². The molecule has 6 heteroatoms. The van der Waals surface area contributed by atoms with Crippen LogP contribution in [0, 0.1) is 5.92 Å². The number of piperidine rings is 1. The Bertz CT molecular complexity index is 309. The van der Waals surface area contributed by atoms with Crippen molar-refractivity contribution in [3.05, 3.63) is 0 Å². The highest BCUT2D eigenvalue weighted by Gasteiger charge is 2.25. The molecule has 1 fully saturated rings. The summed E-state index contributed by atoms with van der Waals surface area (Å²) in [4.78, 5) is 0. The molecule has 1 aliphatic heterocycles. The second-order valence-electron chi connectivity index (χ2n) is 4.73. The summed E-state index contributed by atoms with van der Waals surface area (Å²) in [5.41, 5.74) is 0. The van der Waals surface area contributed by atoms with E-state index < -0.39 is 10.0 Å². The SMILES string of the molecule is CS(=O)(=O)N1CCCC(CNCCCCBr)C1. The molecule has 1 heterocycles. The molecule has 0 spiro atoms. The smallest absolute Gasteiger partial charge is 0.211 e. The van der Waals surface area contributed by atoms with Crippen molar-refractivity contribution in [3.63, 3.8) is 0 Å². The van der Waals surface area contributed by atoms with Gasteiger partial charge in [0.1, 0.15) is 0 Å². The van der Waals surface area contributed by atoms with Crippen LogP contribution < -0.4 is 5.32 Å². The molecule has 0 amide bonds. The number of hydrogen-bond acceptors (Lipinski definition) is 3. The molecule has 1 aliphatic rings. The second kappa shape index (κ2) is 7.71. The molecule has 0 aromatic rings. The normalized spacial score (nSPS) is 22.8. The van der Waals surface area contributed by atoms with Crippen LogP contribution in [0.3, 0.4) is 0 Å². The van der Waals surface area contributed by atoms with E-state index in [1.165, 1.54) is 19.1 Å². The van der Waals surface area contributed by atoms with Gasteiger partial charge in [0.2, 0.25) is 10.0 Å². The van der Waals surface area contributed by atoms with Gasteiger partial charge < -0.3 is 5.32 Å². The summed E-state index contributed by atoms with van der Waals surface area (Å²) in [6.07, 6.45) is 5.79. The Morgan fingerprint density at radius 2 is 2.18 bits per heavy atom. The van der Waals surface area contributed by atoms with Crippen molar-refractivity contribution in [2.75, 3.05) is 37.8 Å². The van der Waals surface area contributed by atoms with Crippen LogP contribution in [0.15, 0.2) is 0 Å². The molecule has 1 rings (SSSR count). The van der Waals surface area contributed by atoms with E-state index in [0.717, 1.165) is 31.3 Å². The first kappa shape index (κ1) is 15.4. The Morgan fingerprint density at radius 1 is 1.41 bits per heavy atom. The number of hydrogen-bond donors (Lipinski definition) is 1. The fourth-order valence-electron chi connectivity index (χ4n) is 2.15. The zero-order valence-electron chi connectivity index (χ0n) is 10.5. The number of alkyl halides is 1. The van der Waals surface area contributed by atoms with Crippen LogP contribution in [-0.4, -0.2) is 50.5 Å². The van der Waals surface area contributed by atoms with Crippen LogP contribution in [0.25, 0.3) is 0 Å². The monoisotopic (exact) mass is 326 g/mol. The van der Waals surface area contributed by atoms with Crippen LogP contribution in [0.4, 0.5) is 0 Å². The van der Waals surface area contributed by atoms with E-state index in [9.17, 15) is 8.42 Å². The molecule has 1 N–H and O–H groups in total. The van der Waals surface area contributed by atoms with Gasteiger partial charge >= 0.3 is 0 Å². The fourth-order valence-corrected chi connectivity index (χ4v) is 3.48. The van der Waals surface area contributed by atoms with E-state index in [0.29, 0.717) is 19.0 Å². The Kier molecular flexibility index (Phi) is 6.99. The minimum absolute atomic E-state index is 0.474. The lowest BCUT2D eigenvalue weighted by Crippen LogP contribution is -2.42. The van der Waals surface area contributed by atoms with Gasteiger partial charge in [-0.05, 0) is 44.7 Å². The van der Waals surface area contributed by atoms with Gasteiger partial charge in [0.25, 0.3) is 0 Å². The summed E-state index contributed by atoms with van der Waals surface area (Å²) in [5, 5.41) is 4.48. The standard InChI is InChI=1S/C11H23BrN2O2S/c1-17(15,16)14-8-4-5-11(10-14)9-13-7-3-2-6-12/h11,13H,2-10H2,1H3. The summed E-state index contributed by atoms with van der Waals surface area (Å²) in [5.74, 6) is 0.474. The number of nitrogens with one attached hydrogen (secondary N) is 1. The highest BCUT2D eigenvalue weighted by molar-refractivity contribution is 9.09. The molecule has 0 saturated carbocycles. The quantitative estimate of drug-likeness (QED) is 0.568.